The lowest BCUT2D eigenvalue weighted by molar-refractivity contribution is -0.118. The monoisotopic (exact) mass is 241 g/mol. The average molecular weight is 241 g/mol. The third-order valence-electron chi connectivity index (χ3n) is 3.91. The summed E-state index contributed by atoms with van der Waals surface area (Å²) in [7, 11) is 0. The molecule has 0 aromatic heterocycles. The number of carbonyl (C=O) groups excluding carboxylic acids is 1. The summed E-state index contributed by atoms with van der Waals surface area (Å²) in [6.07, 6.45) is 2.45. The predicted molar refractivity (Wildman–Crippen MR) is 73.6 cm³/mol. The van der Waals surface area contributed by atoms with Crippen molar-refractivity contribution >= 4 is 11.5 Å². The van der Waals surface area contributed by atoms with Crippen LogP contribution >= 0.6 is 0 Å². The Hall–Kier alpha value is -1.57. The standard InChI is InChI=1S/C16H19NO/c1-10-4-5-13-11(6-10)7-12-14(17-13)8-16(2,3)9-15(12)18/h4-6,17H,7-9H2,1-3H3. The van der Waals surface area contributed by atoms with Gasteiger partial charge in [-0.3, -0.25) is 4.79 Å². The van der Waals surface area contributed by atoms with E-state index in [1.165, 1.54) is 16.8 Å². The summed E-state index contributed by atoms with van der Waals surface area (Å²) in [4.78, 5) is 12.2. The Bertz CT molecular complexity index is 566. The number of fused-ring (bicyclic) bond motifs is 1. The smallest absolute Gasteiger partial charge is 0.161 e. The fraction of sp³-hybridized carbons (Fsp3) is 0.438. The van der Waals surface area contributed by atoms with E-state index in [0.29, 0.717) is 12.2 Å². The van der Waals surface area contributed by atoms with Crippen molar-refractivity contribution in [1.82, 2.24) is 0 Å². The first kappa shape index (κ1) is 11.5. The van der Waals surface area contributed by atoms with E-state index in [1.807, 2.05) is 0 Å². The van der Waals surface area contributed by atoms with Gasteiger partial charge in [-0.2, -0.15) is 0 Å². The fourth-order valence-corrected chi connectivity index (χ4v) is 3.03. The molecular weight excluding hydrogens is 222 g/mol. The molecule has 3 rings (SSSR count). The van der Waals surface area contributed by atoms with Crippen LogP contribution in [0.1, 0.15) is 37.8 Å². The maximum absolute atomic E-state index is 12.2. The van der Waals surface area contributed by atoms with E-state index in [2.05, 4.69) is 44.3 Å². The number of nitrogens with one attached hydrogen (secondary N) is 1. The average Bonchev–Trinajstić information content (AvgIpc) is 2.26. The second-order valence-electron chi connectivity index (χ2n) is 6.36. The molecular formula is C16H19NO. The van der Waals surface area contributed by atoms with Gasteiger partial charge in [0, 0.05) is 29.8 Å². The Morgan fingerprint density at radius 2 is 2.00 bits per heavy atom. The van der Waals surface area contributed by atoms with Gasteiger partial charge in [-0.15, -0.1) is 0 Å². The summed E-state index contributed by atoms with van der Waals surface area (Å²) in [6.45, 7) is 6.43. The highest BCUT2D eigenvalue weighted by Gasteiger charge is 2.34. The highest BCUT2D eigenvalue weighted by molar-refractivity contribution is 5.99. The second-order valence-corrected chi connectivity index (χ2v) is 6.36. The van der Waals surface area contributed by atoms with E-state index in [4.69, 9.17) is 0 Å². The molecule has 0 fully saturated rings. The molecule has 94 valence electrons. The lowest BCUT2D eigenvalue weighted by Gasteiger charge is -2.35. The molecule has 0 saturated heterocycles. The molecule has 2 aliphatic rings. The molecule has 0 amide bonds. The molecule has 1 aromatic rings. The summed E-state index contributed by atoms with van der Waals surface area (Å²) < 4.78 is 0. The van der Waals surface area contributed by atoms with Crippen LogP contribution < -0.4 is 5.32 Å². The van der Waals surface area contributed by atoms with Gasteiger partial charge >= 0.3 is 0 Å². The zero-order chi connectivity index (χ0) is 12.9. The third-order valence-corrected chi connectivity index (χ3v) is 3.91. The Morgan fingerprint density at radius 3 is 2.78 bits per heavy atom. The molecule has 2 heteroatoms. The van der Waals surface area contributed by atoms with Crippen LogP contribution in [0.15, 0.2) is 29.5 Å². The second kappa shape index (κ2) is 3.71. The van der Waals surface area contributed by atoms with Gasteiger partial charge in [-0.1, -0.05) is 31.5 Å². The van der Waals surface area contributed by atoms with E-state index in [-0.39, 0.29) is 5.41 Å². The number of hydrogen-bond donors (Lipinski definition) is 1. The van der Waals surface area contributed by atoms with Crippen molar-refractivity contribution in [2.45, 2.75) is 40.0 Å². The van der Waals surface area contributed by atoms with Crippen molar-refractivity contribution in [2.24, 2.45) is 5.41 Å². The minimum atomic E-state index is 0.0884. The summed E-state index contributed by atoms with van der Waals surface area (Å²) in [6, 6.07) is 6.42. The van der Waals surface area contributed by atoms with Crippen LogP contribution in [-0.2, 0) is 11.2 Å². The zero-order valence-electron chi connectivity index (χ0n) is 11.3. The van der Waals surface area contributed by atoms with Gasteiger partial charge in [0.25, 0.3) is 0 Å². The fourth-order valence-electron chi connectivity index (χ4n) is 3.03. The predicted octanol–water partition coefficient (Wildman–Crippen LogP) is 3.61. The molecule has 0 bridgehead atoms. The highest BCUT2D eigenvalue weighted by atomic mass is 16.1. The summed E-state index contributed by atoms with van der Waals surface area (Å²) >= 11 is 0. The molecule has 2 nitrogen and oxygen atoms in total. The number of aryl methyl sites for hydroxylation is 1. The molecule has 18 heavy (non-hydrogen) atoms. The molecule has 0 radical (unpaired) electrons. The quantitative estimate of drug-likeness (QED) is 0.752. The van der Waals surface area contributed by atoms with Gasteiger partial charge in [0.05, 0.1) is 0 Å². The minimum Gasteiger partial charge on any atom is -0.358 e. The number of rotatable bonds is 0. The van der Waals surface area contributed by atoms with Crippen molar-refractivity contribution < 1.29 is 4.79 Å². The van der Waals surface area contributed by atoms with E-state index >= 15 is 0 Å². The van der Waals surface area contributed by atoms with Crippen LogP contribution in [0.4, 0.5) is 5.69 Å². The summed E-state index contributed by atoms with van der Waals surface area (Å²) in [5, 5.41) is 3.47. The molecule has 0 saturated carbocycles. The van der Waals surface area contributed by atoms with Gasteiger partial charge in [0.2, 0.25) is 0 Å². The van der Waals surface area contributed by atoms with Crippen LogP contribution in [-0.4, -0.2) is 5.78 Å². The zero-order valence-corrected chi connectivity index (χ0v) is 11.3. The van der Waals surface area contributed by atoms with Crippen molar-refractivity contribution in [2.75, 3.05) is 5.32 Å². The van der Waals surface area contributed by atoms with E-state index in [0.717, 1.165) is 24.1 Å². The highest BCUT2D eigenvalue weighted by Crippen LogP contribution is 2.41. The van der Waals surface area contributed by atoms with Crippen molar-refractivity contribution in [3.05, 3.63) is 40.6 Å². The van der Waals surface area contributed by atoms with Gasteiger partial charge in [-0.25, -0.2) is 0 Å². The molecule has 1 aromatic carbocycles. The SMILES string of the molecule is Cc1ccc2c(c1)CC1=C(CC(C)(C)CC1=O)N2. The van der Waals surface area contributed by atoms with Crippen LogP contribution in [0, 0.1) is 12.3 Å². The molecule has 1 aliphatic heterocycles. The van der Waals surface area contributed by atoms with Crippen molar-refractivity contribution in [3.63, 3.8) is 0 Å². The van der Waals surface area contributed by atoms with Crippen LogP contribution in [0.3, 0.4) is 0 Å². The van der Waals surface area contributed by atoms with E-state index in [9.17, 15) is 4.79 Å². The Morgan fingerprint density at radius 1 is 1.22 bits per heavy atom. The minimum absolute atomic E-state index is 0.0884. The van der Waals surface area contributed by atoms with Gasteiger partial charge < -0.3 is 5.32 Å². The van der Waals surface area contributed by atoms with Crippen molar-refractivity contribution in [3.8, 4) is 0 Å². The van der Waals surface area contributed by atoms with Crippen LogP contribution in [0.5, 0.6) is 0 Å². The van der Waals surface area contributed by atoms with Gasteiger partial charge in [-0.05, 0) is 30.4 Å². The molecule has 0 unspecified atom stereocenters. The first-order valence-electron chi connectivity index (χ1n) is 6.56. The Labute approximate surface area is 108 Å². The van der Waals surface area contributed by atoms with Crippen molar-refractivity contribution in [1.29, 1.82) is 0 Å². The summed E-state index contributed by atoms with van der Waals surface area (Å²) in [5.74, 6) is 0.320. The van der Waals surface area contributed by atoms with Gasteiger partial charge in [0.15, 0.2) is 5.78 Å². The maximum Gasteiger partial charge on any atom is 0.161 e. The Kier molecular flexibility index (Phi) is 2.37. The maximum atomic E-state index is 12.2. The van der Waals surface area contributed by atoms with Crippen LogP contribution in [0.2, 0.25) is 0 Å². The number of anilines is 1. The van der Waals surface area contributed by atoms with Crippen LogP contribution in [0.25, 0.3) is 0 Å². The largest absolute Gasteiger partial charge is 0.358 e. The molecule has 0 spiro atoms. The lowest BCUT2D eigenvalue weighted by atomic mass is 9.73. The molecule has 0 atom stereocenters. The number of ketones is 1. The number of hydrogen-bond acceptors (Lipinski definition) is 2. The Balaban J connectivity index is 2.02. The number of benzene rings is 1. The molecule has 1 heterocycles. The van der Waals surface area contributed by atoms with E-state index in [1.54, 1.807) is 0 Å². The number of carbonyl (C=O) groups is 1. The van der Waals surface area contributed by atoms with Gasteiger partial charge in [0.1, 0.15) is 0 Å². The normalized spacial score (nSPS) is 21.2. The van der Waals surface area contributed by atoms with E-state index < -0.39 is 0 Å². The summed E-state index contributed by atoms with van der Waals surface area (Å²) in [5.41, 5.74) is 5.92. The first-order valence-corrected chi connectivity index (χ1v) is 6.56. The third kappa shape index (κ3) is 1.86. The number of Topliss-reactive ketones (excluding diaryl/α,β-unsaturated/α-hetero) is 1. The molecule has 1 aliphatic carbocycles. The topological polar surface area (TPSA) is 29.1 Å². The molecule has 1 N–H and O–H groups in total. The number of allylic oxidation sites excluding steroid dienone is 2. The first-order chi connectivity index (χ1) is 8.44. The lowest BCUT2D eigenvalue weighted by Crippen LogP contribution is -2.31.